The highest BCUT2D eigenvalue weighted by Gasteiger charge is 2.27. The fourth-order valence-corrected chi connectivity index (χ4v) is 4.66. The predicted molar refractivity (Wildman–Crippen MR) is 131 cm³/mol. The summed E-state index contributed by atoms with van der Waals surface area (Å²) >= 11 is 3.46. The zero-order chi connectivity index (χ0) is 21.9. The molecule has 0 unspecified atom stereocenters. The molecule has 1 amide bonds. The van der Waals surface area contributed by atoms with Crippen LogP contribution in [0.5, 0.6) is 0 Å². The van der Waals surface area contributed by atoms with Gasteiger partial charge in [-0.15, -0.1) is 5.10 Å². The highest BCUT2D eigenvalue weighted by atomic mass is 79.9. The van der Waals surface area contributed by atoms with Crippen LogP contribution < -0.4 is 5.32 Å². The summed E-state index contributed by atoms with van der Waals surface area (Å²) in [7, 11) is 0. The van der Waals surface area contributed by atoms with Crippen molar-refractivity contribution in [1.29, 1.82) is 0 Å². The van der Waals surface area contributed by atoms with E-state index in [4.69, 9.17) is 4.74 Å². The molecule has 0 bridgehead atoms. The quantitative estimate of drug-likeness (QED) is 0.501. The largest absolute Gasteiger partial charge is 0.378 e. The molecule has 2 aromatic carbocycles. The van der Waals surface area contributed by atoms with Gasteiger partial charge in [0.25, 0.3) is 5.91 Å². The van der Waals surface area contributed by atoms with E-state index in [0.29, 0.717) is 5.71 Å². The molecule has 3 aliphatic rings. The van der Waals surface area contributed by atoms with E-state index in [9.17, 15) is 4.79 Å². The minimum atomic E-state index is -0.228. The molecule has 1 aliphatic carbocycles. The number of ether oxygens (including phenoxy) is 1. The number of halogens is 1. The van der Waals surface area contributed by atoms with Crippen molar-refractivity contribution in [3.8, 4) is 0 Å². The lowest BCUT2D eigenvalue weighted by Gasteiger charge is -2.31. The van der Waals surface area contributed by atoms with Crippen LogP contribution in [-0.2, 0) is 9.53 Å². The maximum Gasteiger partial charge on any atom is 0.276 e. The van der Waals surface area contributed by atoms with Crippen molar-refractivity contribution in [2.75, 3.05) is 31.6 Å². The van der Waals surface area contributed by atoms with E-state index < -0.39 is 0 Å². The molecule has 2 aliphatic heterocycles. The number of nitrogens with one attached hydrogen (secondary N) is 1. The van der Waals surface area contributed by atoms with Crippen LogP contribution in [-0.4, -0.2) is 49.0 Å². The first kappa shape index (κ1) is 20.8. The van der Waals surface area contributed by atoms with Crippen LogP contribution in [0.1, 0.15) is 24.0 Å². The molecule has 7 heteroatoms. The smallest absolute Gasteiger partial charge is 0.276 e. The zero-order valence-corrected chi connectivity index (χ0v) is 19.1. The third kappa shape index (κ3) is 4.31. The monoisotopic (exact) mass is 490 g/mol. The fourth-order valence-electron chi connectivity index (χ4n) is 4.30. The Labute approximate surface area is 195 Å². The number of anilines is 1. The Hall–Kier alpha value is -3.03. The Morgan fingerprint density at radius 1 is 1.06 bits per heavy atom. The molecule has 0 saturated carbocycles. The number of rotatable bonds is 4. The summed E-state index contributed by atoms with van der Waals surface area (Å²) in [5, 5.41) is 11.5. The van der Waals surface area contributed by atoms with Crippen LogP contribution in [0, 0.1) is 0 Å². The predicted octanol–water partition coefficient (Wildman–Crippen LogP) is 4.64. The number of nitrogens with zero attached hydrogens (tertiary/aromatic N) is 3. The average Bonchev–Trinajstić information content (AvgIpc) is 3.35. The summed E-state index contributed by atoms with van der Waals surface area (Å²) in [5.41, 5.74) is 6.72. The van der Waals surface area contributed by atoms with E-state index in [1.807, 2.05) is 30.5 Å². The lowest BCUT2D eigenvalue weighted by molar-refractivity contribution is -0.110. The molecule has 0 spiro atoms. The number of fused-ring (bicyclic) bond motifs is 1. The van der Waals surface area contributed by atoms with E-state index in [1.165, 1.54) is 16.8 Å². The van der Waals surface area contributed by atoms with Crippen LogP contribution in [0.4, 0.5) is 5.69 Å². The lowest BCUT2D eigenvalue weighted by atomic mass is 10.1. The van der Waals surface area contributed by atoms with Gasteiger partial charge in [-0.25, -0.2) is 0 Å². The lowest BCUT2D eigenvalue weighted by Crippen LogP contribution is -2.36. The second-order valence-electron chi connectivity index (χ2n) is 7.89. The van der Waals surface area contributed by atoms with E-state index in [0.717, 1.165) is 60.4 Å². The van der Waals surface area contributed by atoms with Crippen LogP contribution in [0.15, 0.2) is 80.0 Å². The van der Waals surface area contributed by atoms with Gasteiger partial charge >= 0.3 is 0 Å². The number of allylic oxidation sites excluding steroid dienone is 2. The number of carbonyl (C=O) groups excluding carboxylic acids is 1. The van der Waals surface area contributed by atoms with Crippen LogP contribution >= 0.6 is 15.9 Å². The van der Waals surface area contributed by atoms with Crippen LogP contribution in [0.2, 0.25) is 0 Å². The first-order valence-electron chi connectivity index (χ1n) is 10.7. The highest BCUT2D eigenvalue weighted by molar-refractivity contribution is 9.10. The summed E-state index contributed by atoms with van der Waals surface area (Å²) in [6.07, 6.45) is 5.92. The minimum absolute atomic E-state index is 0.228. The molecule has 32 heavy (non-hydrogen) atoms. The summed E-state index contributed by atoms with van der Waals surface area (Å²) in [5.74, 6) is -0.228. The van der Waals surface area contributed by atoms with Crippen molar-refractivity contribution < 1.29 is 9.53 Å². The summed E-state index contributed by atoms with van der Waals surface area (Å²) in [4.78, 5) is 14.7. The van der Waals surface area contributed by atoms with Crippen LogP contribution in [0.25, 0.3) is 6.08 Å². The zero-order valence-electron chi connectivity index (χ0n) is 17.6. The van der Waals surface area contributed by atoms with Gasteiger partial charge < -0.3 is 15.0 Å². The first-order valence-corrected chi connectivity index (χ1v) is 11.5. The van der Waals surface area contributed by atoms with Crippen molar-refractivity contribution in [1.82, 2.24) is 4.90 Å². The Kier molecular flexibility index (Phi) is 6.01. The topological polar surface area (TPSA) is 66.3 Å². The average molecular weight is 491 g/mol. The Bertz CT molecular complexity index is 1160. The highest BCUT2D eigenvalue weighted by Crippen LogP contribution is 2.35. The van der Waals surface area contributed by atoms with E-state index in [1.54, 1.807) is 0 Å². The van der Waals surface area contributed by atoms with E-state index in [-0.39, 0.29) is 5.91 Å². The number of benzene rings is 2. The van der Waals surface area contributed by atoms with Crippen molar-refractivity contribution in [3.05, 3.63) is 81.0 Å². The molecule has 0 aromatic heterocycles. The maximum atomic E-state index is 12.4. The van der Waals surface area contributed by atoms with Crippen molar-refractivity contribution >= 4 is 45.5 Å². The van der Waals surface area contributed by atoms with Gasteiger partial charge in [-0.2, -0.15) is 5.10 Å². The number of carbonyl (C=O) groups is 1. The Morgan fingerprint density at radius 2 is 1.88 bits per heavy atom. The minimum Gasteiger partial charge on any atom is -0.378 e. The van der Waals surface area contributed by atoms with Gasteiger partial charge in [0.2, 0.25) is 0 Å². The fraction of sp³-hybridized carbons (Fsp3) is 0.240. The Balaban J connectivity index is 1.48. The molecule has 6 nitrogen and oxygen atoms in total. The second kappa shape index (κ2) is 9.22. The Morgan fingerprint density at radius 3 is 2.69 bits per heavy atom. The van der Waals surface area contributed by atoms with Gasteiger partial charge in [0, 0.05) is 28.8 Å². The molecule has 1 N–H and O–H groups in total. The second-order valence-corrected chi connectivity index (χ2v) is 8.81. The first-order chi connectivity index (χ1) is 15.7. The third-order valence-electron chi connectivity index (χ3n) is 5.81. The van der Waals surface area contributed by atoms with Gasteiger partial charge in [-0.1, -0.05) is 46.3 Å². The SMILES string of the molecule is O=C1Nc2ccc(Br)cc2C1=NN=CC1=C(N2CCOCC2)C(=Cc2ccccc2)CC1. The van der Waals surface area contributed by atoms with Gasteiger partial charge in [-0.3, -0.25) is 4.79 Å². The molecule has 2 aromatic rings. The van der Waals surface area contributed by atoms with Crippen LogP contribution in [0.3, 0.4) is 0 Å². The molecule has 162 valence electrons. The molecule has 1 fully saturated rings. The van der Waals surface area contributed by atoms with Gasteiger partial charge in [0.15, 0.2) is 5.71 Å². The molecular weight excluding hydrogens is 468 g/mol. The summed E-state index contributed by atoms with van der Waals surface area (Å²) < 4.78 is 6.46. The number of hydrogen-bond acceptors (Lipinski definition) is 5. The molecule has 5 rings (SSSR count). The van der Waals surface area contributed by atoms with Crippen molar-refractivity contribution in [2.24, 2.45) is 10.2 Å². The van der Waals surface area contributed by atoms with Crippen molar-refractivity contribution in [3.63, 3.8) is 0 Å². The molecular formula is C25H23BrN4O2. The van der Waals surface area contributed by atoms with Gasteiger partial charge in [-0.05, 0) is 53.8 Å². The van der Waals surface area contributed by atoms with Gasteiger partial charge in [0.05, 0.1) is 25.1 Å². The number of hydrogen-bond donors (Lipinski definition) is 1. The van der Waals surface area contributed by atoms with E-state index >= 15 is 0 Å². The number of amides is 1. The van der Waals surface area contributed by atoms with Gasteiger partial charge in [0.1, 0.15) is 0 Å². The molecule has 1 saturated heterocycles. The van der Waals surface area contributed by atoms with Crippen molar-refractivity contribution in [2.45, 2.75) is 12.8 Å². The summed E-state index contributed by atoms with van der Waals surface area (Å²) in [6, 6.07) is 16.0. The number of morpholine rings is 1. The molecule has 0 atom stereocenters. The summed E-state index contributed by atoms with van der Waals surface area (Å²) in [6.45, 7) is 3.16. The third-order valence-corrected chi connectivity index (χ3v) is 6.30. The maximum absolute atomic E-state index is 12.4. The molecule has 2 heterocycles. The normalized spacial score (nSPS) is 21.2. The van der Waals surface area contributed by atoms with E-state index in [2.05, 4.69) is 66.7 Å². The standard InChI is InChI=1S/C25H23BrN4O2/c26-20-8-9-22-21(15-20)23(25(31)28-22)29-27-16-19-7-6-18(14-17-4-2-1-3-5-17)24(19)30-10-12-32-13-11-30/h1-5,8-9,14-16H,6-7,10-13H2,(H,28,29,31). The molecule has 0 radical (unpaired) electrons.